The minimum absolute atomic E-state index is 0.186. The fraction of sp³-hybridized carbons (Fsp3) is 0. The van der Waals surface area contributed by atoms with E-state index in [1.165, 1.54) is 0 Å². The molecule has 0 aromatic carbocycles. The summed E-state index contributed by atoms with van der Waals surface area (Å²) in [5.74, 6) is -0.422. The molecule has 0 saturated heterocycles. The number of hydrogen-bond donors (Lipinski definition) is 1. The van der Waals surface area contributed by atoms with Crippen LogP contribution in [0.4, 0.5) is 4.39 Å². The van der Waals surface area contributed by atoms with Gasteiger partial charge in [-0.25, -0.2) is 9.38 Å². The molecule has 0 saturated carbocycles. The van der Waals surface area contributed by atoms with Crippen molar-refractivity contribution in [3.05, 3.63) is 18.6 Å². The van der Waals surface area contributed by atoms with Crippen LogP contribution in [0, 0.1) is 6.54 Å². The normalized spacial score (nSPS) is 18.8. The molecule has 0 unspecified atom stereocenters. The molecule has 1 N–H and O–H groups in total. The highest BCUT2D eigenvalue weighted by Crippen LogP contribution is 2.04. The second-order valence-electron chi connectivity index (χ2n) is 1.22. The van der Waals surface area contributed by atoms with Gasteiger partial charge in [-0.15, -0.1) is 0 Å². The van der Waals surface area contributed by atoms with Gasteiger partial charge in [0.15, 0.2) is 5.29 Å². The quantitative estimate of drug-likeness (QED) is 0.493. The number of halogens is 2. The molecule has 2 nitrogen and oxygen atoms in total. The molecule has 8 heavy (non-hydrogen) atoms. The van der Waals surface area contributed by atoms with Crippen LogP contribution in [-0.2, 0) is 0 Å². The molecule has 43 valence electrons. The van der Waals surface area contributed by atoms with Crippen LogP contribution in [-0.4, -0.2) is 5.29 Å². The summed E-state index contributed by atoms with van der Waals surface area (Å²) in [6.07, 6.45) is 1.04. The highest BCUT2D eigenvalue weighted by Gasteiger charge is 2.01. The van der Waals surface area contributed by atoms with Crippen molar-refractivity contribution in [2.45, 2.75) is 0 Å². The Labute approximate surface area is 51.1 Å². The van der Waals surface area contributed by atoms with Gasteiger partial charge in [0.2, 0.25) is 0 Å². The van der Waals surface area contributed by atoms with Crippen LogP contribution >= 0.6 is 11.6 Å². The number of nitrogens with zero attached hydrogens (tertiary/aromatic N) is 1. The molecular formula is C4H3ClFN2. The third-order valence-corrected chi connectivity index (χ3v) is 0.837. The Kier molecular flexibility index (Phi) is 1.48. The van der Waals surface area contributed by atoms with Crippen LogP contribution in [0.1, 0.15) is 0 Å². The van der Waals surface area contributed by atoms with Gasteiger partial charge in [-0.05, 0) is 11.6 Å². The molecule has 1 heterocycles. The molecular weight excluding hydrogens is 131 g/mol. The summed E-state index contributed by atoms with van der Waals surface area (Å²) in [7, 11) is 0. The van der Waals surface area contributed by atoms with E-state index in [0.717, 1.165) is 12.7 Å². The standard InChI is InChI=1S/C4H3ClFN2/c5-4-7-1-3(6)2-8-4/h1-2H,(H,7,8). The average molecular weight is 134 g/mol. The lowest BCUT2D eigenvalue weighted by Gasteiger charge is -2.02. The number of aliphatic imine (C=N–C) groups is 1. The molecule has 1 aliphatic heterocycles. The summed E-state index contributed by atoms with van der Waals surface area (Å²) in [5, 5.41) is 2.57. The van der Waals surface area contributed by atoms with Crippen molar-refractivity contribution in [2.24, 2.45) is 4.99 Å². The van der Waals surface area contributed by atoms with Crippen molar-refractivity contribution >= 4 is 16.9 Å². The van der Waals surface area contributed by atoms with E-state index in [-0.39, 0.29) is 5.29 Å². The summed E-state index contributed by atoms with van der Waals surface area (Å²) >= 11 is 5.28. The van der Waals surface area contributed by atoms with Crippen LogP contribution in [0.3, 0.4) is 0 Å². The predicted molar refractivity (Wildman–Crippen MR) is 29.9 cm³/mol. The monoisotopic (exact) mass is 133 g/mol. The Morgan fingerprint density at radius 2 is 2.50 bits per heavy atom. The van der Waals surface area contributed by atoms with Crippen molar-refractivity contribution < 1.29 is 4.39 Å². The van der Waals surface area contributed by atoms with E-state index in [0.29, 0.717) is 0 Å². The number of nitrogens with one attached hydrogen (secondary N) is 1. The number of amidine groups is 1. The van der Waals surface area contributed by atoms with Crippen molar-refractivity contribution in [3.8, 4) is 0 Å². The van der Waals surface area contributed by atoms with Crippen LogP contribution in [0.15, 0.2) is 17.0 Å². The summed E-state index contributed by atoms with van der Waals surface area (Å²) in [6.45, 7) is 1.13. The molecule has 1 rings (SSSR count). The molecule has 4 heteroatoms. The number of rotatable bonds is 0. The molecule has 0 aromatic heterocycles. The van der Waals surface area contributed by atoms with Crippen molar-refractivity contribution in [1.82, 2.24) is 5.32 Å². The Morgan fingerprint density at radius 3 is 2.88 bits per heavy atom. The van der Waals surface area contributed by atoms with Crippen LogP contribution in [0.2, 0.25) is 0 Å². The molecule has 0 spiro atoms. The topological polar surface area (TPSA) is 24.4 Å². The fourth-order valence-corrected chi connectivity index (χ4v) is 0.425. The fourth-order valence-electron chi connectivity index (χ4n) is 0.321. The Hall–Kier alpha value is -0.570. The van der Waals surface area contributed by atoms with E-state index in [1.54, 1.807) is 0 Å². The van der Waals surface area contributed by atoms with Gasteiger partial charge in [0.05, 0.1) is 6.20 Å². The first-order valence-electron chi connectivity index (χ1n) is 1.98. The molecule has 0 aromatic rings. The van der Waals surface area contributed by atoms with Crippen LogP contribution in [0.25, 0.3) is 0 Å². The third-order valence-electron chi connectivity index (χ3n) is 0.630. The van der Waals surface area contributed by atoms with Crippen LogP contribution in [0.5, 0.6) is 0 Å². The summed E-state index contributed by atoms with van der Waals surface area (Å²) in [5.41, 5.74) is 0. The molecule has 0 fully saturated rings. The summed E-state index contributed by atoms with van der Waals surface area (Å²) in [4.78, 5) is 3.41. The van der Waals surface area contributed by atoms with E-state index in [2.05, 4.69) is 10.3 Å². The van der Waals surface area contributed by atoms with Gasteiger partial charge in [0.1, 0.15) is 12.4 Å². The molecule has 0 atom stereocenters. The Morgan fingerprint density at radius 1 is 1.75 bits per heavy atom. The Balaban J connectivity index is 2.65. The van der Waals surface area contributed by atoms with E-state index in [4.69, 9.17) is 11.6 Å². The number of hydrogen-bond acceptors (Lipinski definition) is 2. The van der Waals surface area contributed by atoms with E-state index >= 15 is 0 Å². The van der Waals surface area contributed by atoms with Crippen LogP contribution < -0.4 is 5.32 Å². The maximum Gasteiger partial charge on any atom is 0.196 e. The summed E-state index contributed by atoms with van der Waals surface area (Å²) in [6, 6.07) is 0. The van der Waals surface area contributed by atoms with Gasteiger partial charge >= 0.3 is 0 Å². The van der Waals surface area contributed by atoms with Crippen molar-refractivity contribution in [1.29, 1.82) is 0 Å². The summed E-state index contributed by atoms with van der Waals surface area (Å²) < 4.78 is 11.9. The zero-order valence-corrected chi connectivity index (χ0v) is 4.61. The lowest BCUT2D eigenvalue weighted by atomic mass is 10.5. The third kappa shape index (κ3) is 1.20. The van der Waals surface area contributed by atoms with E-state index in [9.17, 15) is 4.39 Å². The second-order valence-corrected chi connectivity index (χ2v) is 1.58. The highest BCUT2D eigenvalue weighted by atomic mass is 35.5. The SMILES string of the molecule is FC1=CN=C(Cl)N[CH]1. The zero-order valence-electron chi connectivity index (χ0n) is 3.86. The minimum atomic E-state index is -0.422. The smallest absolute Gasteiger partial charge is 0.196 e. The zero-order chi connectivity index (χ0) is 5.98. The Bertz CT molecular complexity index is 134. The maximum absolute atomic E-state index is 11.9. The first kappa shape index (κ1) is 5.56. The first-order valence-corrected chi connectivity index (χ1v) is 2.35. The van der Waals surface area contributed by atoms with Gasteiger partial charge in [-0.3, -0.25) is 0 Å². The van der Waals surface area contributed by atoms with Crippen molar-refractivity contribution in [3.63, 3.8) is 0 Å². The van der Waals surface area contributed by atoms with Gasteiger partial charge in [0.25, 0.3) is 0 Å². The van der Waals surface area contributed by atoms with Gasteiger partial charge in [-0.1, -0.05) is 0 Å². The molecule has 1 radical (unpaired) electrons. The lowest BCUT2D eigenvalue weighted by Crippen LogP contribution is -2.17. The average Bonchev–Trinajstić information content (AvgIpc) is 1.77. The van der Waals surface area contributed by atoms with Crippen molar-refractivity contribution in [2.75, 3.05) is 0 Å². The lowest BCUT2D eigenvalue weighted by molar-refractivity contribution is 0.630. The van der Waals surface area contributed by atoms with Gasteiger partial charge < -0.3 is 5.32 Å². The predicted octanol–water partition coefficient (Wildman–Crippen LogP) is 1.16. The van der Waals surface area contributed by atoms with Gasteiger partial charge in [-0.2, -0.15) is 0 Å². The minimum Gasteiger partial charge on any atom is -0.349 e. The largest absolute Gasteiger partial charge is 0.349 e. The van der Waals surface area contributed by atoms with E-state index < -0.39 is 5.83 Å². The molecule has 0 amide bonds. The molecule has 1 aliphatic rings. The molecule has 0 bridgehead atoms. The maximum atomic E-state index is 11.9. The second kappa shape index (κ2) is 2.13. The van der Waals surface area contributed by atoms with Gasteiger partial charge in [0, 0.05) is 0 Å². The highest BCUT2D eigenvalue weighted by molar-refractivity contribution is 6.64. The molecule has 0 aliphatic carbocycles. The first-order chi connectivity index (χ1) is 3.79. The van der Waals surface area contributed by atoms with E-state index in [1.807, 2.05) is 0 Å².